The fourth-order valence-corrected chi connectivity index (χ4v) is 3.00. The van der Waals surface area contributed by atoms with Crippen LogP contribution in [0.1, 0.15) is 24.2 Å². The van der Waals surface area contributed by atoms with Crippen LogP contribution in [0.5, 0.6) is 5.75 Å². The number of alkyl halides is 3. The average molecular weight is 467 g/mol. The van der Waals surface area contributed by atoms with E-state index in [1.165, 1.54) is 31.9 Å². The first-order valence-electron chi connectivity index (χ1n) is 9.47. The number of pyridine rings is 2. The van der Waals surface area contributed by atoms with Crippen molar-refractivity contribution in [1.82, 2.24) is 25.0 Å². The van der Waals surface area contributed by atoms with Gasteiger partial charge in [-0.2, -0.15) is 23.4 Å². The van der Waals surface area contributed by atoms with E-state index in [-0.39, 0.29) is 22.7 Å². The van der Waals surface area contributed by atoms with Crippen LogP contribution in [0.25, 0.3) is 5.82 Å². The van der Waals surface area contributed by atoms with E-state index < -0.39 is 35.0 Å². The van der Waals surface area contributed by atoms with Crippen molar-refractivity contribution < 1.29 is 27.4 Å². The molecule has 34 heavy (non-hydrogen) atoms. The van der Waals surface area contributed by atoms with E-state index in [2.05, 4.69) is 30.8 Å². The molecule has 0 aliphatic carbocycles. The molecular weight excluding hydrogens is 452 g/mol. The minimum absolute atomic E-state index is 0.106. The molecule has 0 fully saturated rings. The lowest BCUT2D eigenvalue weighted by molar-refractivity contribution is -0.137. The van der Waals surface area contributed by atoms with Gasteiger partial charge in [0.15, 0.2) is 5.82 Å². The van der Waals surface area contributed by atoms with Gasteiger partial charge in [-0.1, -0.05) is 0 Å². The van der Waals surface area contributed by atoms with Crippen molar-refractivity contribution in [1.29, 1.82) is 0 Å². The molecule has 0 aliphatic rings. The number of nitrogens with one attached hydrogen (secondary N) is 2. The summed E-state index contributed by atoms with van der Waals surface area (Å²) in [5.41, 5.74) is -1.01. The molecule has 0 saturated carbocycles. The molecule has 0 aromatic carbocycles. The zero-order valence-corrected chi connectivity index (χ0v) is 17.9. The standard InChI is InChI=1S/C18H15B3F3N7O3/c1-9(34-18(19,20)21)14-12(7-25-8-13(14)33-2)30-16(32)29-10-5-11(17(22,23)24)15(26-6-10)31-27-3-4-28-31/h3-9H,1-2H3,(H2,29,30,32)/t9-/m0/s1. The van der Waals surface area contributed by atoms with Crippen molar-refractivity contribution in [3.8, 4) is 11.6 Å². The normalized spacial score (nSPS) is 12.7. The number of anilines is 2. The number of amides is 2. The van der Waals surface area contributed by atoms with Gasteiger partial charge in [-0.05, 0) is 18.3 Å². The van der Waals surface area contributed by atoms with Gasteiger partial charge in [0.1, 0.15) is 11.3 Å². The number of nitrogens with zero attached hydrogens (tertiary/aromatic N) is 5. The van der Waals surface area contributed by atoms with Gasteiger partial charge in [0, 0.05) is 5.56 Å². The molecule has 0 aliphatic heterocycles. The Labute approximate surface area is 195 Å². The summed E-state index contributed by atoms with van der Waals surface area (Å²) >= 11 is 0. The third kappa shape index (κ3) is 6.07. The number of aromatic nitrogens is 5. The van der Waals surface area contributed by atoms with Gasteiger partial charge in [0.2, 0.25) is 0 Å². The molecule has 0 bridgehead atoms. The maximum absolute atomic E-state index is 13.6. The van der Waals surface area contributed by atoms with Crippen LogP contribution in [-0.2, 0) is 10.9 Å². The summed E-state index contributed by atoms with van der Waals surface area (Å²) in [7, 11) is 17.8. The Morgan fingerprint density at radius 2 is 1.79 bits per heavy atom. The van der Waals surface area contributed by atoms with Gasteiger partial charge < -0.3 is 20.1 Å². The molecule has 0 unspecified atom stereocenters. The largest absolute Gasteiger partial charge is 0.495 e. The highest BCUT2D eigenvalue weighted by atomic mass is 19.4. The second-order valence-corrected chi connectivity index (χ2v) is 6.91. The van der Waals surface area contributed by atoms with Crippen LogP contribution in [0.15, 0.2) is 37.1 Å². The van der Waals surface area contributed by atoms with Crippen LogP contribution in [-0.4, -0.2) is 66.9 Å². The summed E-state index contributed by atoms with van der Waals surface area (Å²) in [5, 5.41) is 10.1. The van der Waals surface area contributed by atoms with Crippen LogP contribution < -0.4 is 15.4 Å². The molecule has 0 spiro atoms. The number of urea groups is 1. The quantitative estimate of drug-likeness (QED) is 0.511. The number of carbonyl (C=O) groups excluding carboxylic acids is 1. The van der Waals surface area contributed by atoms with Crippen molar-refractivity contribution in [3.63, 3.8) is 0 Å². The highest BCUT2D eigenvalue weighted by Crippen LogP contribution is 2.36. The molecule has 170 valence electrons. The highest BCUT2D eigenvalue weighted by molar-refractivity contribution is 6.58. The smallest absolute Gasteiger partial charge is 0.420 e. The summed E-state index contributed by atoms with van der Waals surface area (Å²) in [5.74, 6) is -0.339. The molecule has 3 rings (SSSR count). The van der Waals surface area contributed by atoms with E-state index in [1.54, 1.807) is 6.92 Å². The number of hydrogen-bond donors (Lipinski definition) is 2. The number of hydrogen-bond acceptors (Lipinski definition) is 7. The van der Waals surface area contributed by atoms with Crippen molar-refractivity contribution in [3.05, 3.63) is 48.2 Å². The molecule has 3 aromatic heterocycles. The Morgan fingerprint density at radius 3 is 2.38 bits per heavy atom. The van der Waals surface area contributed by atoms with Crippen LogP contribution in [0, 0.1) is 0 Å². The predicted molar refractivity (Wildman–Crippen MR) is 117 cm³/mol. The molecular formula is C18H15B3F3N7O3. The molecule has 3 aromatic rings. The molecule has 10 nitrogen and oxygen atoms in total. The van der Waals surface area contributed by atoms with Crippen molar-refractivity contribution in [2.45, 2.75) is 24.5 Å². The monoisotopic (exact) mass is 467 g/mol. The number of halogens is 3. The van der Waals surface area contributed by atoms with Crippen molar-refractivity contribution in [2.24, 2.45) is 0 Å². The molecule has 0 saturated heterocycles. The maximum Gasteiger partial charge on any atom is 0.420 e. The van der Waals surface area contributed by atoms with E-state index in [9.17, 15) is 18.0 Å². The number of rotatable bonds is 7. The zero-order chi connectivity index (χ0) is 25.1. The Kier molecular flexibility index (Phi) is 7.19. The van der Waals surface area contributed by atoms with E-state index in [1.807, 2.05) is 0 Å². The first-order chi connectivity index (χ1) is 15.9. The second kappa shape index (κ2) is 9.75. The molecule has 1 atom stereocenters. The van der Waals surface area contributed by atoms with Gasteiger partial charge >= 0.3 is 12.2 Å². The van der Waals surface area contributed by atoms with Crippen molar-refractivity contribution in [2.75, 3.05) is 17.7 Å². The Hall–Kier alpha value is -3.55. The fourth-order valence-electron chi connectivity index (χ4n) is 3.00. The summed E-state index contributed by atoms with van der Waals surface area (Å²) in [6.07, 6.45) is 0.397. The third-order valence-electron chi connectivity index (χ3n) is 4.24. The van der Waals surface area contributed by atoms with E-state index in [0.717, 1.165) is 6.20 Å². The summed E-state index contributed by atoms with van der Waals surface area (Å²) < 4.78 is 51.2. The van der Waals surface area contributed by atoms with Crippen LogP contribution in [0.2, 0.25) is 0 Å². The molecule has 6 radical (unpaired) electrons. The molecule has 3 heterocycles. The predicted octanol–water partition coefficient (Wildman–Crippen LogP) is 1.92. The number of ether oxygens (including phenoxy) is 2. The van der Waals surface area contributed by atoms with Crippen LogP contribution in [0.3, 0.4) is 0 Å². The summed E-state index contributed by atoms with van der Waals surface area (Å²) in [6, 6.07) is -0.198. The van der Waals surface area contributed by atoms with E-state index in [0.29, 0.717) is 10.9 Å². The zero-order valence-electron chi connectivity index (χ0n) is 17.9. The van der Waals surface area contributed by atoms with Gasteiger partial charge in [0.05, 0.1) is 79.1 Å². The van der Waals surface area contributed by atoms with Crippen molar-refractivity contribution >= 4 is 40.9 Å². The highest BCUT2D eigenvalue weighted by Gasteiger charge is 2.36. The minimum Gasteiger partial charge on any atom is -0.495 e. The number of methoxy groups -OCH3 is 1. The molecule has 16 heteroatoms. The van der Waals surface area contributed by atoms with Gasteiger partial charge in [0.25, 0.3) is 0 Å². The van der Waals surface area contributed by atoms with E-state index in [4.69, 9.17) is 33.0 Å². The second-order valence-electron chi connectivity index (χ2n) is 6.91. The van der Waals surface area contributed by atoms with Gasteiger partial charge in [-0.25, -0.2) is 9.78 Å². The van der Waals surface area contributed by atoms with Crippen LogP contribution >= 0.6 is 0 Å². The topological polar surface area (TPSA) is 116 Å². The Bertz CT molecular complexity index is 1160. The van der Waals surface area contributed by atoms with Gasteiger partial charge in [-0.3, -0.25) is 4.98 Å². The summed E-state index contributed by atoms with van der Waals surface area (Å²) in [6.45, 7) is 1.55. The third-order valence-corrected chi connectivity index (χ3v) is 4.24. The Balaban J connectivity index is 1.86. The average Bonchev–Trinajstić information content (AvgIpc) is 3.26. The lowest BCUT2D eigenvalue weighted by Gasteiger charge is -2.29. The van der Waals surface area contributed by atoms with Crippen LogP contribution in [0.4, 0.5) is 29.3 Å². The lowest BCUT2D eigenvalue weighted by atomic mass is 9.52. The Morgan fingerprint density at radius 1 is 1.12 bits per heavy atom. The fraction of sp³-hybridized carbons (Fsp3) is 0.278. The summed E-state index contributed by atoms with van der Waals surface area (Å²) in [4.78, 5) is 21.0. The maximum atomic E-state index is 13.6. The first-order valence-corrected chi connectivity index (χ1v) is 9.47. The van der Waals surface area contributed by atoms with E-state index >= 15 is 0 Å². The lowest BCUT2D eigenvalue weighted by Crippen LogP contribution is -2.35. The molecule has 2 amide bonds. The minimum atomic E-state index is -4.79. The number of carbonyl (C=O) groups is 1. The first kappa shape index (κ1) is 25.1. The van der Waals surface area contributed by atoms with Gasteiger partial charge in [-0.15, -0.1) is 4.80 Å². The molecule has 2 N–H and O–H groups in total. The SMILES string of the molecule is [B]C([B])([B])O[C@@H](C)c1c(NC(=O)Nc2cnc(-n3nccn3)c(C(F)(F)F)c2)cncc1OC.